The van der Waals surface area contributed by atoms with E-state index < -0.39 is 11.4 Å². The molecule has 25 heavy (non-hydrogen) atoms. The summed E-state index contributed by atoms with van der Waals surface area (Å²) in [5.74, 6) is -0.346. The number of carbonyl (C=O) groups excluding carboxylic acids is 1. The van der Waals surface area contributed by atoms with Crippen LogP contribution in [0.1, 0.15) is 25.3 Å². The third kappa shape index (κ3) is 3.56. The molecule has 0 aliphatic carbocycles. The van der Waals surface area contributed by atoms with Crippen molar-refractivity contribution in [1.82, 2.24) is 19.7 Å². The molecule has 2 aromatic rings. The summed E-state index contributed by atoms with van der Waals surface area (Å²) in [5.41, 5.74) is -1.07. The van der Waals surface area contributed by atoms with E-state index in [4.69, 9.17) is 4.74 Å². The number of aromatic nitrogens is 3. The summed E-state index contributed by atoms with van der Waals surface area (Å²) in [6.07, 6.45) is 5.11. The molecule has 1 aromatic heterocycles. The molecule has 1 aliphatic rings. The summed E-state index contributed by atoms with van der Waals surface area (Å²) in [7, 11) is 1.45. The summed E-state index contributed by atoms with van der Waals surface area (Å²) < 4.78 is 21.5. The van der Waals surface area contributed by atoms with Gasteiger partial charge in [0.15, 0.2) is 5.60 Å². The van der Waals surface area contributed by atoms with Gasteiger partial charge in [-0.25, -0.2) is 9.37 Å². The van der Waals surface area contributed by atoms with E-state index in [-0.39, 0.29) is 11.5 Å². The van der Waals surface area contributed by atoms with Crippen molar-refractivity contribution < 1.29 is 13.9 Å². The number of rotatable bonds is 5. The molecule has 3 rings (SSSR count). The van der Waals surface area contributed by atoms with E-state index in [2.05, 4.69) is 10.1 Å². The summed E-state index contributed by atoms with van der Waals surface area (Å²) >= 11 is 0. The summed E-state index contributed by atoms with van der Waals surface area (Å²) in [6.45, 7) is 3.61. The Morgan fingerprint density at radius 1 is 1.44 bits per heavy atom. The van der Waals surface area contributed by atoms with E-state index >= 15 is 0 Å². The average molecular weight is 346 g/mol. The molecule has 0 bridgehead atoms. The standard InChI is InChI=1S/C18H23FN4O2/c1-18(25-2,15-7-3-4-8-16(15)19)17(24)22-9-5-6-14(10-22)11-23-13-20-12-21-23/h3-4,7-8,12-14H,5-6,9-11H2,1-2H3/t14-,18+/m0/s1. The molecule has 0 spiro atoms. The second-order valence-corrected chi connectivity index (χ2v) is 6.59. The molecule has 2 atom stereocenters. The van der Waals surface area contributed by atoms with Crippen molar-refractivity contribution in [2.24, 2.45) is 5.92 Å². The fourth-order valence-corrected chi connectivity index (χ4v) is 3.45. The van der Waals surface area contributed by atoms with Gasteiger partial charge in [0.25, 0.3) is 5.91 Å². The predicted molar refractivity (Wildman–Crippen MR) is 90.1 cm³/mol. The SMILES string of the molecule is CO[C@@](C)(C(=O)N1CCC[C@H](Cn2cncn2)C1)c1ccccc1F. The van der Waals surface area contributed by atoms with Crippen LogP contribution in [0, 0.1) is 11.7 Å². The molecular formula is C18H23FN4O2. The van der Waals surface area contributed by atoms with Crippen molar-refractivity contribution in [2.75, 3.05) is 20.2 Å². The Kier molecular flexibility index (Phi) is 5.13. The van der Waals surface area contributed by atoms with Crippen LogP contribution < -0.4 is 0 Å². The largest absolute Gasteiger partial charge is 0.364 e. The number of halogens is 1. The number of likely N-dealkylation sites (tertiary alicyclic amines) is 1. The number of amides is 1. The second kappa shape index (κ2) is 7.31. The van der Waals surface area contributed by atoms with Crippen LogP contribution >= 0.6 is 0 Å². The molecule has 134 valence electrons. The van der Waals surface area contributed by atoms with Gasteiger partial charge in [-0.2, -0.15) is 5.10 Å². The second-order valence-electron chi connectivity index (χ2n) is 6.59. The quantitative estimate of drug-likeness (QED) is 0.833. The Bertz CT molecular complexity index is 722. The van der Waals surface area contributed by atoms with Gasteiger partial charge in [0.05, 0.1) is 0 Å². The number of nitrogens with zero attached hydrogens (tertiary/aromatic N) is 4. The maximum Gasteiger partial charge on any atom is 0.259 e. The Labute approximate surface area is 146 Å². The lowest BCUT2D eigenvalue weighted by Gasteiger charge is -2.38. The van der Waals surface area contributed by atoms with Gasteiger partial charge in [-0.1, -0.05) is 18.2 Å². The van der Waals surface area contributed by atoms with E-state index in [0.717, 1.165) is 12.8 Å². The molecule has 0 unspecified atom stereocenters. The predicted octanol–water partition coefficient (Wildman–Crippen LogP) is 2.22. The number of piperidine rings is 1. The molecule has 0 N–H and O–H groups in total. The van der Waals surface area contributed by atoms with Gasteiger partial charge < -0.3 is 9.64 Å². The lowest BCUT2D eigenvalue weighted by molar-refractivity contribution is -0.156. The van der Waals surface area contributed by atoms with Crippen molar-refractivity contribution >= 4 is 5.91 Å². The molecule has 1 saturated heterocycles. The van der Waals surface area contributed by atoms with Gasteiger partial charge in [0, 0.05) is 32.3 Å². The monoisotopic (exact) mass is 346 g/mol. The highest BCUT2D eigenvalue weighted by Gasteiger charge is 2.41. The summed E-state index contributed by atoms with van der Waals surface area (Å²) in [5, 5.41) is 4.13. The molecule has 2 heterocycles. The number of hydrogen-bond donors (Lipinski definition) is 0. The van der Waals surface area contributed by atoms with Crippen LogP contribution in [-0.4, -0.2) is 45.8 Å². The topological polar surface area (TPSA) is 60.2 Å². The Hall–Kier alpha value is -2.28. The highest BCUT2D eigenvalue weighted by atomic mass is 19.1. The van der Waals surface area contributed by atoms with Crippen LogP contribution in [0.5, 0.6) is 0 Å². The third-order valence-corrected chi connectivity index (χ3v) is 4.92. The lowest BCUT2D eigenvalue weighted by Crippen LogP contribution is -2.50. The maximum absolute atomic E-state index is 14.3. The van der Waals surface area contributed by atoms with E-state index in [1.165, 1.54) is 19.5 Å². The molecule has 1 aromatic carbocycles. The van der Waals surface area contributed by atoms with E-state index in [1.807, 2.05) is 0 Å². The Balaban J connectivity index is 1.77. The van der Waals surface area contributed by atoms with Crippen LogP contribution in [0.15, 0.2) is 36.9 Å². The average Bonchev–Trinajstić information content (AvgIpc) is 3.14. The van der Waals surface area contributed by atoms with Crippen LogP contribution in [0.2, 0.25) is 0 Å². The first kappa shape index (κ1) is 17.5. The zero-order valence-electron chi connectivity index (χ0n) is 14.6. The smallest absolute Gasteiger partial charge is 0.259 e. The highest BCUT2D eigenvalue weighted by Crippen LogP contribution is 2.31. The van der Waals surface area contributed by atoms with Crippen LogP contribution in [-0.2, 0) is 21.7 Å². The molecule has 0 radical (unpaired) electrons. The molecule has 1 aliphatic heterocycles. The van der Waals surface area contributed by atoms with Crippen molar-refractivity contribution in [3.8, 4) is 0 Å². The first-order valence-corrected chi connectivity index (χ1v) is 8.46. The Morgan fingerprint density at radius 3 is 2.92 bits per heavy atom. The summed E-state index contributed by atoms with van der Waals surface area (Å²) in [4.78, 5) is 18.9. The maximum atomic E-state index is 14.3. The van der Waals surface area contributed by atoms with E-state index in [0.29, 0.717) is 25.6 Å². The fraction of sp³-hybridized carbons (Fsp3) is 0.500. The first-order valence-electron chi connectivity index (χ1n) is 8.46. The number of carbonyl (C=O) groups is 1. The van der Waals surface area contributed by atoms with Crippen LogP contribution in [0.25, 0.3) is 0 Å². The molecule has 6 nitrogen and oxygen atoms in total. The zero-order chi connectivity index (χ0) is 17.9. The van der Waals surface area contributed by atoms with Gasteiger partial charge in [0.2, 0.25) is 0 Å². The number of hydrogen-bond acceptors (Lipinski definition) is 4. The minimum Gasteiger partial charge on any atom is -0.364 e. The van der Waals surface area contributed by atoms with Crippen molar-refractivity contribution in [3.05, 3.63) is 48.3 Å². The molecule has 0 saturated carbocycles. The normalized spacial score (nSPS) is 20.3. The summed E-state index contributed by atoms with van der Waals surface area (Å²) in [6, 6.07) is 6.28. The highest BCUT2D eigenvalue weighted by molar-refractivity contribution is 5.86. The third-order valence-electron chi connectivity index (χ3n) is 4.92. The van der Waals surface area contributed by atoms with Gasteiger partial charge >= 0.3 is 0 Å². The van der Waals surface area contributed by atoms with Gasteiger partial charge in [-0.05, 0) is 31.7 Å². The van der Waals surface area contributed by atoms with Crippen LogP contribution in [0.4, 0.5) is 4.39 Å². The molecule has 1 fully saturated rings. The number of ether oxygens (including phenoxy) is 1. The lowest BCUT2D eigenvalue weighted by atomic mass is 9.91. The first-order chi connectivity index (χ1) is 12.0. The van der Waals surface area contributed by atoms with E-state index in [1.54, 1.807) is 41.0 Å². The van der Waals surface area contributed by atoms with Crippen molar-refractivity contribution in [1.29, 1.82) is 0 Å². The zero-order valence-corrected chi connectivity index (χ0v) is 14.6. The molecular weight excluding hydrogens is 323 g/mol. The van der Waals surface area contributed by atoms with Gasteiger partial charge in [-0.3, -0.25) is 9.48 Å². The number of benzene rings is 1. The minimum absolute atomic E-state index is 0.205. The van der Waals surface area contributed by atoms with Gasteiger partial charge in [-0.15, -0.1) is 0 Å². The fourth-order valence-electron chi connectivity index (χ4n) is 3.45. The van der Waals surface area contributed by atoms with Gasteiger partial charge in [0.1, 0.15) is 18.5 Å². The van der Waals surface area contributed by atoms with E-state index in [9.17, 15) is 9.18 Å². The number of methoxy groups -OCH3 is 1. The van der Waals surface area contributed by atoms with Crippen molar-refractivity contribution in [2.45, 2.75) is 31.9 Å². The van der Waals surface area contributed by atoms with Crippen molar-refractivity contribution in [3.63, 3.8) is 0 Å². The van der Waals surface area contributed by atoms with Crippen LogP contribution in [0.3, 0.4) is 0 Å². The molecule has 7 heteroatoms. The molecule has 1 amide bonds. The Morgan fingerprint density at radius 2 is 2.24 bits per heavy atom. The minimum atomic E-state index is -1.33.